The third-order valence-electron chi connectivity index (χ3n) is 2.43. The molecule has 0 saturated heterocycles. The van der Waals surface area contributed by atoms with Crippen LogP contribution in [0, 0.1) is 20.8 Å². The monoisotopic (exact) mass is 267 g/mol. The van der Waals surface area contributed by atoms with E-state index in [1.54, 1.807) is 6.92 Å². The Morgan fingerprint density at radius 3 is 2.17 bits per heavy atom. The van der Waals surface area contributed by atoms with Crippen LogP contribution in [0.3, 0.4) is 0 Å². The number of aromatic nitrogens is 4. The molecule has 0 aliphatic heterocycles. The molecular weight excluding hydrogens is 254 g/mol. The second-order valence-corrected chi connectivity index (χ2v) is 5.53. The van der Waals surface area contributed by atoms with Gasteiger partial charge in [-0.3, -0.25) is 0 Å². The average Bonchev–Trinajstić information content (AvgIpc) is 2.57. The van der Waals surface area contributed by atoms with Gasteiger partial charge in [0.25, 0.3) is 5.95 Å². The summed E-state index contributed by atoms with van der Waals surface area (Å²) in [6.07, 6.45) is 1.20. The molecule has 0 unspecified atom stereocenters. The standard InChI is InChI=1S/C10H13N5O2S/c1-6-4-7(2)14-10(13-6)15-8(3)9(5-12-15)18(11,16)17/h4-5H,1-3H3,(H2,11,16,17). The van der Waals surface area contributed by atoms with E-state index in [-0.39, 0.29) is 4.90 Å². The van der Waals surface area contributed by atoms with Gasteiger partial charge in [0, 0.05) is 11.4 Å². The van der Waals surface area contributed by atoms with Gasteiger partial charge in [-0.2, -0.15) is 5.10 Å². The number of primary sulfonamides is 1. The smallest absolute Gasteiger partial charge is 0.225 e. The Morgan fingerprint density at radius 2 is 1.72 bits per heavy atom. The Hall–Kier alpha value is -1.80. The lowest BCUT2D eigenvalue weighted by Gasteiger charge is -2.05. The van der Waals surface area contributed by atoms with Crippen molar-refractivity contribution in [3.8, 4) is 5.95 Å². The fourth-order valence-electron chi connectivity index (χ4n) is 1.68. The van der Waals surface area contributed by atoms with Crippen molar-refractivity contribution in [2.75, 3.05) is 0 Å². The molecule has 0 bridgehead atoms. The molecular formula is C10H13N5O2S. The van der Waals surface area contributed by atoms with E-state index in [1.807, 2.05) is 19.9 Å². The highest BCUT2D eigenvalue weighted by atomic mass is 32.2. The second-order valence-electron chi connectivity index (χ2n) is 4.00. The van der Waals surface area contributed by atoms with Gasteiger partial charge in [-0.1, -0.05) is 0 Å². The fourth-order valence-corrected chi connectivity index (χ4v) is 2.37. The molecule has 0 fully saturated rings. The van der Waals surface area contributed by atoms with E-state index in [1.165, 1.54) is 10.9 Å². The quantitative estimate of drug-likeness (QED) is 0.839. The van der Waals surface area contributed by atoms with Crippen molar-refractivity contribution in [3.05, 3.63) is 29.3 Å². The van der Waals surface area contributed by atoms with Crippen molar-refractivity contribution in [2.24, 2.45) is 5.14 Å². The van der Waals surface area contributed by atoms with Gasteiger partial charge < -0.3 is 0 Å². The topological polar surface area (TPSA) is 104 Å². The van der Waals surface area contributed by atoms with E-state index >= 15 is 0 Å². The zero-order chi connectivity index (χ0) is 13.5. The number of hydrogen-bond acceptors (Lipinski definition) is 5. The summed E-state index contributed by atoms with van der Waals surface area (Å²) in [6.45, 7) is 5.27. The fraction of sp³-hybridized carbons (Fsp3) is 0.300. The van der Waals surface area contributed by atoms with Crippen molar-refractivity contribution in [2.45, 2.75) is 25.7 Å². The van der Waals surface area contributed by atoms with Crippen LogP contribution < -0.4 is 5.14 Å². The molecule has 0 atom stereocenters. The molecule has 0 aliphatic rings. The lowest BCUT2D eigenvalue weighted by Crippen LogP contribution is -2.14. The highest BCUT2D eigenvalue weighted by Gasteiger charge is 2.18. The van der Waals surface area contributed by atoms with Crippen LogP contribution in [0.4, 0.5) is 0 Å². The van der Waals surface area contributed by atoms with E-state index in [4.69, 9.17) is 5.14 Å². The normalized spacial score (nSPS) is 11.8. The number of nitrogens with zero attached hydrogens (tertiary/aromatic N) is 4. The maximum absolute atomic E-state index is 11.3. The first kappa shape index (κ1) is 12.7. The highest BCUT2D eigenvalue weighted by molar-refractivity contribution is 7.89. The summed E-state index contributed by atoms with van der Waals surface area (Å²) in [5.41, 5.74) is 1.96. The summed E-state index contributed by atoms with van der Waals surface area (Å²) in [4.78, 5) is 8.41. The number of hydrogen-bond donors (Lipinski definition) is 1. The molecule has 2 aromatic rings. The maximum atomic E-state index is 11.3. The molecule has 7 nitrogen and oxygen atoms in total. The summed E-state index contributed by atoms with van der Waals surface area (Å²) in [6, 6.07) is 1.82. The lowest BCUT2D eigenvalue weighted by molar-refractivity contribution is 0.597. The van der Waals surface area contributed by atoms with Crippen LogP contribution in [-0.2, 0) is 10.0 Å². The van der Waals surface area contributed by atoms with Gasteiger partial charge in [0.2, 0.25) is 10.0 Å². The predicted molar refractivity (Wildman–Crippen MR) is 64.7 cm³/mol. The summed E-state index contributed by atoms with van der Waals surface area (Å²) in [5.74, 6) is 0.333. The number of aryl methyl sites for hydroxylation is 2. The van der Waals surface area contributed by atoms with Gasteiger partial charge in [-0.25, -0.2) is 28.2 Å². The van der Waals surface area contributed by atoms with Crippen molar-refractivity contribution < 1.29 is 8.42 Å². The molecule has 2 rings (SSSR count). The molecule has 8 heteroatoms. The van der Waals surface area contributed by atoms with Crippen LogP contribution in [0.2, 0.25) is 0 Å². The van der Waals surface area contributed by atoms with Crippen LogP contribution in [0.5, 0.6) is 0 Å². The molecule has 0 amide bonds. The van der Waals surface area contributed by atoms with Gasteiger partial charge in [-0.05, 0) is 26.8 Å². The molecule has 2 N–H and O–H groups in total. The van der Waals surface area contributed by atoms with Crippen LogP contribution >= 0.6 is 0 Å². The van der Waals surface area contributed by atoms with E-state index in [9.17, 15) is 8.42 Å². The summed E-state index contributed by atoms with van der Waals surface area (Å²) in [7, 11) is -3.78. The van der Waals surface area contributed by atoms with Crippen LogP contribution in [0.25, 0.3) is 5.95 Å². The molecule has 0 aromatic carbocycles. The zero-order valence-electron chi connectivity index (χ0n) is 10.2. The van der Waals surface area contributed by atoms with Gasteiger partial charge in [0.1, 0.15) is 4.90 Å². The summed E-state index contributed by atoms with van der Waals surface area (Å²) in [5, 5.41) is 9.05. The van der Waals surface area contributed by atoms with Crippen LogP contribution in [0.1, 0.15) is 17.1 Å². The Kier molecular flexibility index (Phi) is 2.91. The van der Waals surface area contributed by atoms with E-state index in [2.05, 4.69) is 15.1 Å². The Bertz CT molecular complexity index is 685. The maximum Gasteiger partial charge on any atom is 0.251 e. The van der Waals surface area contributed by atoms with Crippen molar-refractivity contribution in [3.63, 3.8) is 0 Å². The van der Waals surface area contributed by atoms with E-state index < -0.39 is 10.0 Å². The highest BCUT2D eigenvalue weighted by Crippen LogP contribution is 2.15. The van der Waals surface area contributed by atoms with Gasteiger partial charge >= 0.3 is 0 Å². The molecule has 0 spiro atoms. The lowest BCUT2D eigenvalue weighted by atomic mass is 10.3. The molecule has 0 saturated carbocycles. The number of nitrogens with two attached hydrogens (primary N) is 1. The van der Waals surface area contributed by atoms with Crippen LogP contribution in [-0.4, -0.2) is 28.2 Å². The van der Waals surface area contributed by atoms with Crippen molar-refractivity contribution in [1.82, 2.24) is 19.7 Å². The molecule has 96 valence electrons. The largest absolute Gasteiger partial charge is 0.251 e. The molecule has 2 aromatic heterocycles. The van der Waals surface area contributed by atoms with Gasteiger partial charge in [0.05, 0.1) is 11.9 Å². The Balaban J connectivity index is 2.63. The molecule has 0 aliphatic carbocycles. The minimum Gasteiger partial charge on any atom is -0.225 e. The summed E-state index contributed by atoms with van der Waals surface area (Å²) >= 11 is 0. The van der Waals surface area contributed by atoms with Gasteiger partial charge in [0.15, 0.2) is 0 Å². The minimum absolute atomic E-state index is 0.0229. The first-order valence-electron chi connectivity index (χ1n) is 5.19. The number of sulfonamides is 1. The SMILES string of the molecule is Cc1cc(C)nc(-n2ncc(S(N)(=O)=O)c2C)n1. The zero-order valence-corrected chi connectivity index (χ0v) is 11.1. The first-order chi connectivity index (χ1) is 8.29. The third kappa shape index (κ3) is 2.24. The van der Waals surface area contributed by atoms with Crippen LogP contribution in [0.15, 0.2) is 17.2 Å². The van der Waals surface area contributed by atoms with Crippen molar-refractivity contribution >= 4 is 10.0 Å². The Morgan fingerprint density at radius 1 is 1.17 bits per heavy atom. The second kappa shape index (κ2) is 4.14. The molecule has 2 heterocycles. The third-order valence-corrected chi connectivity index (χ3v) is 3.45. The number of rotatable bonds is 2. The average molecular weight is 267 g/mol. The van der Waals surface area contributed by atoms with Crippen molar-refractivity contribution in [1.29, 1.82) is 0 Å². The van der Waals surface area contributed by atoms with Gasteiger partial charge in [-0.15, -0.1) is 0 Å². The Labute approximate surface area is 105 Å². The predicted octanol–water partition coefficient (Wildman–Crippen LogP) is 0.235. The molecule has 0 radical (unpaired) electrons. The summed E-state index contributed by atoms with van der Waals surface area (Å²) < 4.78 is 24.0. The van der Waals surface area contributed by atoms with E-state index in [0.717, 1.165) is 11.4 Å². The minimum atomic E-state index is -3.78. The first-order valence-corrected chi connectivity index (χ1v) is 6.74. The molecule has 18 heavy (non-hydrogen) atoms. The van der Waals surface area contributed by atoms with E-state index in [0.29, 0.717) is 11.6 Å².